The van der Waals surface area contributed by atoms with Gasteiger partial charge < -0.3 is 19.2 Å². The van der Waals surface area contributed by atoms with E-state index in [4.69, 9.17) is 13.9 Å². The maximum Gasteiger partial charge on any atom is 0.220 e. The molecule has 2 aromatic heterocycles. The Morgan fingerprint density at radius 2 is 1.76 bits per heavy atom. The summed E-state index contributed by atoms with van der Waals surface area (Å²) in [5, 5.41) is 2.90. The lowest BCUT2D eigenvalue weighted by Crippen LogP contribution is -2.23. The van der Waals surface area contributed by atoms with Crippen LogP contribution in [0.1, 0.15) is 30.4 Å². The minimum atomic E-state index is -0.0824. The molecule has 0 saturated carbocycles. The molecule has 0 unspecified atom stereocenters. The van der Waals surface area contributed by atoms with E-state index in [1.165, 1.54) is 5.56 Å². The average Bonchev–Trinajstić information content (AvgIpc) is 3.33. The lowest BCUT2D eigenvalue weighted by Gasteiger charge is -2.11. The van der Waals surface area contributed by atoms with Crippen LogP contribution in [0, 0.1) is 6.92 Å². The smallest absolute Gasteiger partial charge is 0.220 e. The van der Waals surface area contributed by atoms with Gasteiger partial charge in [0.15, 0.2) is 23.1 Å². The van der Waals surface area contributed by atoms with Gasteiger partial charge in [0.1, 0.15) is 0 Å². The van der Waals surface area contributed by atoms with Gasteiger partial charge in [-0.3, -0.25) is 4.79 Å². The summed E-state index contributed by atoms with van der Waals surface area (Å²) >= 11 is 0. The van der Waals surface area contributed by atoms with Crippen molar-refractivity contribution in [2.24, 2.45) is 0 Å². The lowest BCUT2D eigenvalue weighted by atomic mass is 10.1. The molecule has 0 spiro atoms. The maximum atomic E-state index is 12.3. The summed E-state index contributed by atoms with van der Waals surface area (Å²) in [5.74, 6) is 2.89. The monoisotopic (exact) mass is 457 g/mol. The number of hydrogen-bond acceptors (Lipinski definition) is 6. The highest BCUT2D eigenvalue weighted by molar-refractivity contribution is 5.76. The van der Waals surface area contributed by atoms with E-state index in [1.54, 1.807) is 18.5 Å². The molecule has 2 heterocycles. The molecule has 4 rings (SSSR count). The van der Waals surface area contributed by atoms with E-state index in [2.05, 4.69) is 15.3 Å². The number of ether oxygens (including phenoxy) is 2. The van der Waals surface area contributed by atoms with Gasteiger partial charge in [-0.25, -0.2) is 9.97 Å². The summed E-state index contributed by atoms with van der Waals surface area (Å²) in [7, 11) is 0. The van der Waals surface area contributed by atoms with Crippen molar-refractivity contribution in [2.75, 3.05) is 6.61 Å². The van der Waals surface area contributed by atoms with Crippen molar-refractivity contribution >= 4 is 5.91 Å². The van der Waals surface area contributed by atoms with Crippen molar-refractivity contribution in [3.8, 4) is 28.7 Å². The van der Waals surface area contributed by atoms with Crippen LogP contribution in [0.5, 0.6) is 17.4 Å². The molecular weight excluding hydrogens is 430 g/mol. The quantitative estimate of drug-likeness (QED) is 0.339. The molecule has 0 aliphatic heterocycles. The third-order valence-electron chi connectivity index (χ3n) is 5.11. The summed E-state index contributed by atoms with van der Waals surface area (Å²) in [6.07, 6.45) is 4.10. The van der Waals surface area contributed by atoms with Gasteiger partial charge in [-0.2, -0.15) is 0 Å². The first kappa shape index (κ1) is 23.0. The molecule has 1 amide bonds. The van der Waals surface area contributed by atoms with Crippen LogP contribution in [-0.2, 0) is 17.8 Å². The first-order valence-electron chi connectivity index (χ1n) is 11.2. The fourth-order valence-electron chi connectivity index (χ4n) is 3.28. The molecule has 7 nitrogen and oxygen atoms in total. The Kier molecular flexibility index (Phi) is 7.55. The van der Waals surface area contributed by atoms with Crippen molar-refractivity contribution in [3.05, 3.63) is 90.1 Å². The normalized spacial score (nSPS) is 10.6. The van der Waals surface area contributed by atoms with Crippen molar-refractivity contribution in [3.63, 3.8) is 0 Å². The topological polar surface area (TPSA) is 86.5 Å². The number of nitrogens with one attached hydrogen (secondary N) is 1. The summed E-state index contributed by atoms with van der Waals surface area (Å²) in [4.78, 5) is 20.9. The molecule has 7 heteroatoms. The van der Waals surface area contributed by atoms with E-state index in [0.29, 0.717) is 48.6 Å². The van der Waals surface area contributed by atoms with Gasteiger partial charge in [0, 0.05) is 37.2 Å². The number of aryl methyl sites for hydroxylation is 2. The highest BCUT2D eigenvalue weighted by atomic mass is 16.5. The van der Waals surface area contributed by atoms with Gasteiger partial charge in [0.2, 0.25) is 11.8 Å². The zero-order valence-electron chi connectivity index (χ0n) is 19.3. The third kappa shape index (κ3) is 6.22. The lowest BCUT2D eigenvalue weighted by molar-refractivity contribution is -0.121. The first-order chi connectivity index (χ1) is 16.6. The number of nitrogens with zero attached hydrogens (tertiary/aromatic N) is 2. The second-order valence-electron chi connectivity index (χ2n) is 7.75. The molecule has 0 aliphatic rings. The molecule has 174 valence electrons. The minimum absolute atomic E-state index is 0.0824. The Morgan fingerprint density at radius 3 is 2.50 bits per heavy atom. The Labute approximate surface area is 198 Å². The standard InChI is InChI=1S/C27H27N3O4/c1-3-32-22-6-4-5-7-23(22)33-26-14-10-20(17-29-26)16-28-25(31)13-15-27-30-18-24(34-27)21-11-8-19(2)9-12-21/h4-12,14,17-18H,3,13,15-16H2,1-2H3,(H,28,31). The van der Waals surface area contributed by atoms with Crippen LogP contribution in [0.4, 0.5) is 0 Å². The van der Waals surface area contributed by atoms with Crippen LogP contribution in [-0.4, -0.2) is 22.5 Å². The number of oxazole rings is 1. The van der Waals surface area contributed by atoms with Gasteiger partial charge >= 0.3 is 0 Å². The number of carbonyl (C=O) groups excluding carboxylic acids is 1. The van der Waals surface area contributed by atoms with E-state index in [1.807, 2.05) is 68.4 Å². The van der Waals surface area contributed by atoms with Crippen LogP contribution in [0.15, 0.2) is 77.5 Å². The van der Waals surface area contributed by atoms with E-state index in [0.717, 1.165) is 11.1 Å². The van der Waals surface area contributed by atoms with Crippen LogP contribution >= 0.6 is 0 Å². The van der Waals surface area contributed by atoms with Crippen molar-refractivity contribution < 1.29 is 18.7 Å². The highest BCUT2D eigenvalue weighted by Gasteiger charge is 2.10. The summed E-state index contributed by atoms with van der Waals surface area (Å²) in [6.45, 7) is 4.89. The Bertz CT molecular complexity index is 1220. The molecule has 34 heavy (non-hydrogen) atoms. The number of para-hydroxylation sites is 2. The van der Waals surface area contributed by atoms with E-state index < -0.39 is 0 Å². The van der Waals surface area contributed by atoms with Crippen LogP contribution < -0.4 is 14.8 Å². The number of benzene rings is 2. The predicted octanol–water partition coefficient (Wildman–Crippen LogP) is 5.49. The van der Waals surface area contributed by atoms with Crippen LogP contribution in [0.3, 0.4) is 0 Å². The van der Waals surface area contributed by atoms with E-state index >= 15 is 0 Å². The number of aromatic nitrogens is 2. The first-order valence-corrected chi connectivity index (χ1v) is 11.2. The molecule has 0 atom stereocenters. The number of rotatable bonds is 10. The molecule has 0 saturated heterocycles. The number of pyridine rings is 1. The maximum absolute atomic E-state index is 12.3. The fourth-order valence-corrected chi connectivity index (χ4v) is 3.28. The number of amides is 1. The van der Waals surface area contributed by atoms with E-state index in [-0.39, 0.29) is 12.3 Å². The third-order valence-corrected chi connectivity index (χ3v) is 5.11. The molecule has 0 radical (unpaired) electrons. The van der Waals surface area contributed by atoms with Gasteiger partial charge in [-0.1, -0.05) is 48.0 Å². The van der Waals surface area contributed by atoms with Gasteiger partial charge in [0.05, 0.1) is 12.8 Å². The minimum Gasteiger partial charge on any atom is -0.490 e. The van der Waals surface area contributed by atoms with Gasteiger partial charge in [-0.15, -0.1) is 0 Å². The number of carbonyl (C=O) groups is 1. The Hall–Kier alpha value is -4.13. The SMILES string of the molecule is CCOc1ccccc1Oc1ccc(CNC(=O)CCc2ncc(-c3ccc(C)cc3)o2)cn1. The Balaban J connectivity index is 1.24. The van der Waals surface area contributed by atoms with Crippen molar-refractivity contribution in [1.82, 2.24) is 15.3 Å². The van der Waals surface area contributed by atoms with Crippen molar-refractivity contribution in [1.29, 1.82) is 0 Å². The summed E-state index contributed by atoms with van der Waals surface area (Å²) < 4.78 is 17.2. The van der Waals surface area contributed by atoms with Crippen LogP contribution in [0.25, 0.3) is 11.3 Å². The second-order valence-corrected chi connectivity index (χ2v) is 7.75. The zero-order valence-corrected chi connectivity index (χ0v) is 19.3. The average molecular weight is 458 g/mol. The number of hydrogen-bond donors (Lipinski definition) is 1. The summed E-state index contributed by atoms with van der Waals surface area (Å²) in [6, 6.07) is 19.1. The molecular formula is C27H27N3O4. The predicted molar refractivity (Wildman–Crippen MR) is 129 cm³/mol. The zero-order chi connectivity index (χ0) is 23.8. The Morgan fingerprint density at radius 1 is 0.971 bits per heavy atom. The van der Waals surface area contributed by atoms with Crippen LogP contribution in [0.2, 0.25) is 0 Å². The molecule has 0 fully saturated rings. The van der Waals surface area contributed by atoms with E-state index in [9.17, 15) is 4.79 Å². The molecule has 4 aromatic rings. The fraction of sp³-hybridized carbons (Fsp3) is 0.222. The molecule has 1 N–H and O–H groups in total. The molecule has 0 aliphatic carbocycles. The molecule has 2 aromatic carbocycles. The summed E-state index contributed by atoms with van der Waals surface area (Å²) in [5.41, 5.74) is 3.02. The largest absolute Gasteiger partial charge is 0.490 e. The van der Waals surface area contributed by atoms with Crippen molar-refractivity contribution in [2.45, 2.75) is 33.2 Å². The highest BCUT2D eigenvalue weighted by Crippen LogP contribution is 2.30. The second kappa shape index (κ2) is 11.1. The van der Waals surface area contributed by atoms with Gasteiger partial charge in [0.25, 0.3) is 0 Å². The van der Waals surface area contributed by atoms with Gasteiger partial charge in [-0.05, 0) is 31.5 Å². The molecule has 0 bridgehead atoms.